The predicted octanol–water partition coefficient (Wildman–Crippen LogP) is 0.805. The fourth-order valence-corrected chi connectivity index (χ4v) is 1.46. The molecule has 1 aliphatic carbocycles. The van der Waals surface area contributed by atoms with Crippen LogP contribution in [-0.4, -0.2) is 23.4 Å². The van der Waals surface area contributed by atoms with Gasteiger partial charge in [-0.1, -0.05) is 0 Å². The lowest BCUT2D eigenvalue weighted by Crippen LogP contribution is -2.53. The highest BCUT2D eigenvalue weighted by molar-refractivity contribution is 5.79. The van der Waals surface area contributed by atoms with E-state index in [0.29, 0.717) is 0 Å². The van der Waals surface area contributed by atoms with Crippen LogP contribution < -0.4 is 0 Å². The second-order valence-corrected chi connectivity index (χ2v) is 3.28. The van der Waals surface area contributed by atoms with Crippen LogP contribution in [0, 0.1) is 22.7 Å². The van der Waals surface area contributed by atoms with Gasteiger partial charge in [0.25, 0.3) is 0 Å². The Hall–Kier alpha value is -1.55. The van der Waals surface area contributed by atoms with Gasteiger partial charge >= 0.3 is 0 Å². The molecule has 1 fully saturated rings. The summed E-state index contributed by atoms with van der Waals surface area (Å²) in [6.45, 7) is 0. The summed E-state index contributed by atoms with van der Waals surface area (Å²) in [7, 11) is 1.60. The van der Waals surface area contributed by atoms with Gasteiger partial charge in [-0.05, 0) is 19.3 Å². The number of carbonyl (C=O) groups is 1. The van der Waals surface area contributed by atoms with Crippen molar-refractivity contribution in [1.29, 1.82) is 10.5 Å². The van der Waals surface area contributed by atoms with E-state index in [1.165, 1.54) is 4.90 Å². The lowest BCUT2D eigenvalue weighted by molar-refractivity contribution is -0.135. The molecular formula is C9H11N3O. The van der Waals surface area contributed by atoms with Crippen molar-refractivity contribution in [3.8, 4) is 12.1 Å². The topological polar surface area (TPSA) is 67.9 Å². The van der Waals surface area contributed by atoms with Gasteiger partial charge in [0.15, 0.2) is 0 Å². The SMILES string of the molecule is CN(C(=O)CC#N)C1(C#N)CCC1. The molecule has 13 heavy (non-hydrogen) atoms. The zero-order valence-corrected chi connectivity index (χ0v) is 7.58. The standard InChI is InChI=1S/C9H11N3O/c1-12(8(13)3-6-10)9(7-11)4-2-5-9/h2-5H2,1H3. The van der Waals surface area contributed by atoms with E-state index < -0.39 is 5.54 Å². The van der Waals surface area contributed by atoms with Gasteiger partial charge in [0, 0.05) is 7.05 Å². The molecule has 1 rings (SSSR count). The minimum absolute atomic E-state index is 0.139. The van der Waals surface area contributed by atoms with E-state index in [2.05, 4.69) is 6.07 Å². The van der Waals surface area contributed by atoms with Crippen molar-refractivity contribution in [3.63, 3.8) is 0 Å². The minimum Gasteiger partial charge on any atom is -0.326 e. The van der Waals surface area contributed by atoms with Gasteiger partial charge in [0.1, 0.15) is 12.0 Å². The van der Waals surface area contributed by atoms with Crippen molar-refractivity contribution < 1.29 is 4.79 Å². The van der Waals surface area contributed by atoms with Gasteiger partial charge in [0.05, 0.1) is 12.1 Å². The number of hydrogen-bond donors (Lipinski definition) is 0. The van der Waals surface area contributed by atoms with Gasteiger partial charge in [-0.25, -0.2) is 0 Å². The number of nitrogens with zero attached hydrogens (tertiary/aromatic N) is 3. The Kier molecular flexibility index (Phi) is 2.53. The molecule has 4 heteroatoms. The van der Waals surface area contributed by atoms with Crippen molar-refractivity contribution in [2.24, 2.45) is 0 Å². The maximum absolute atomic E-state index is 11.3. The molecule has 0 aromatic rings. The molecule has 0 saturated heterocycles. The number of rotatable bonds is 2. The van der Waals surface area contributed by atoms with Crippen LogP contribution in [0.1, 0.15) is 25.7 Å². The molecule has 1 aliphatic rings. The molecule has 0 atom stereocenters. The fraction of sp³-hybridized carbons (Fsp3) is 0.667. The molecule has 0 aromatic carbocycles. The maximum Gasteiger partial charge on any atom is 0.237 e. The molecule has 1 amide bonds. The monoisotopic (exact) mass is 177 g/mol. The largest absolute Gasteiger partial charge is 0.326 e. The third-order valence-electron chi connectivity index (χ3n) is 2.64. The molecule has 0 heterocycles. The number of nitriles is 2. The molecule has 0 radical (unpaired) electrons. The van der Waals surface area contributed by atoms with Crippen molar-refractivity contribution in [2.75, 3.05) is 7.05 Å². The Morgan fingerprint density at radius 3 is 2.46 bits per heavy atom. The first-order chi connectivity index (χ1) is 6.16. The molecule has 0 N–H and O–H groups in total. The first kappa shape index (κ1) is 9.54. The van der Waals surface area contributed by atoms with Crippen LogP contribution in [0.25, 0.3) is 0 Å². The molecule has 0 bridgehead atoms. The van der Waals surface area contributed by atoms with Crippen molar-refractivity contribution in [3.05, 3.63) is 0 Å². The molecular weight excluding hydrogens is 166 g/mol. The van der Waals surface area contributed by atoms with Crippen LogP contribution in [0.4, 0.5) is 0 Å². The summed E-state index contributed by atoms with van der Waals surface area (Å²) in [4.78, 5) is 12.7. The average Bonchev–Trinajstić information content (AvgIpc) is 2.03. The van der Waals surface area contributed by atoms with E-state index in [4.69, 9.17) is 10.5 Å². The zero-order valence-electron chi connectivity index (χ0n) is 7.58. The number of amides is 1. The first-order valence-electron chi connectivity index (χ1n) is 4.21. The van der Waals surface area contributed by atoms with Gasteiger partial charge in [-0.15, -0.1) is 0 Å². The second kappa shape index (κ2) is 3.45. The highest BCUT2D eigenvalue weighted by Crippen LogP contribution is 2.36. The van der Waals surface area contributed by atoms with Crippen LogP contribution in [0.5, 0.6) is 0 Å². The Morgan fingerprint density at radius 1 is 1.54 bits per heavy atom. The lowest BCUT2D eigenvalue weighted by atomic mass is 9.76. The van der Waals surface area contributed by atoms with Gasteiger partial charge in [0.2, 0.25) is 5.91 Å². The van der Waals surface area contributed by atoms with Gasteiger partial charge < -0.3 is 4.90 Å². The quantitative estimate of drug-likeness (QED) is 0.626. The first-order valence-corrected chi connectivity index (χ1v) is 4.21. The molecule has 0 spiro atoms. The third kappa shape index (κ3) is 1.48. The highest BCUT2D eigenvalue weighted by Gasteiger charge is 2.43. The van der Waals surface area contributed by atoms with E-state index in [1.54, 1.807) is 13.1 Å². The predicted molar refractivity (Wildman–Crippen MR) is 45.2 cm³/mol. The van der Waals surface area contributed by atoms with E-state index in [1.807, 2.05) is 0 Å². The molecule has 0 aromatic heterocycles. The van der Waals surface area contributed by atoms with E-state index in [-0.39, 0.29) is 12.3 Å². The van der Waals surface area contributed by atoms with E-state index in [9.17, 15) is 4.79 Å². The van der Waals surface area contributed by atoms with Crippen molar-refractivity contribution in [1.82, 2.24) is 4.90 Å². The summed E-state index contributed by atoms with van der Waals surface area (Å²) in [5.74, 6) is -0.260. The summed E-state index contributed by atoms with van der Waals surface area (Å²) in [6.07, 6.45) is 2.31. The maximum atomic E-state index is 11.3. The minimum atomic E-state index is -0.617. The Labute approximate surface area is 77.4 Å². The van der Waals surface area contributed by atoms with Gasteiger partial charge in [-0.3, -0.25) is 4.79 Å². The smallest absolute Gasteiger partial charge is 0.237 e. The third-order valence-corrected chi connectivity index (χ3v) is 2.64. The van der Waals surface area contributed by atoms with E-state index in [0.717, 1.165) is 19.3 Å². The highest BCUT2D eigenvalue weighted by atomic mass is 16.2. The van der Waals surface area contributed by atoms with Gasteiger partial charge in [-0.2, -0.15) is 10.5 Å². The average molecular weight is 177 g/mol. The van der Waals surface area contributed by atoms with Crippen LogP contribution in [-0.2, 0) is 4.79 Å². The Bertz CT molecular complexity index is 293. The molecule has 68 valence electrons. The number of carbonyl (C=O) groups excluding carboxylic acids is 1. The lowest BCUT2D eigenvalue weighted by Gasteiger charge is -2.42. The molecule has 1 saturated carbocycles. The molecule has 0 unspecified atom stereocenters. The van der Waals surface area contributed by atoms with Crippen LogP contribution >= 0.6 is 0 Å². The fourth-order valence-electron chi connectivity index (χ4n) is 1.46. The van der Waals surface area contributed by atoms with Crippen LogP contribution in [0.3, 0.4) is 0 Å². The normalized spacial score (nSPS) is 17.8. The Morgan fingerprint density at radius 2 is 2.15 bits per heavy atom. The van der Waals surface area contributed by atoms with Crippen molar-refractivity contribution in [2.45, 2.75) is 31.2 Å². The summed E-state index contributed by atoms with van der Waals surface area (Å²) in [5, 5.41) is 17.2. The second-order valence-electron chi connectivity index (χ2n) is 3.28. The summed E-state index contributed by atoms with van der Waals surface area (Å²) < 4.78 is 0. The van der Waals surface area contributed by atoms with Crippen LogP contribution in [0.2, 0.25) is 0 Å². The van der Waals surface area contributed by atoms with Crippen LogP contribution in [0.15, 0.2) is 0 Å². The summed E-state index contributed by atoms with van der Waals surface area (Å²) in [5.41, 5.74) is -0.617. The van der Waals surface area contributed by atoms with E-state index >= 15 is 0 Å². The zero-order chi connectivity index (χ0) is 9.90. The summed E-state index contributed by atoms with van der Waals surface area (Å²) in [6, 6.07) is 3.94. The Balaban J connectivity index is 2.67. The number of hydrogen-bond acceptors (Lipinski definition) is 3. The van der Waals surface area contributed by atoms with Crippen molar-refractivity contribution >= 4 is 5.91 Å². The molecule has 4 nitrogen and oxygen atoms in total. The molecule has 0 aliphatic heterocycles. The summed E-state index contributed by atoms with van der Waals surface area (Å²) >= 11 is 0.